The van der Waals surface area contributed by atoms with Crippen LogP contribution in [0.5, 0.6) is 5.75 Å². The molecule has 1 aliphatic rings. The predicted molar refractivity (Wildman–Crippen MR) is 66.1 cm³/mol. The minimum Gasteiger partial charge on any atom is -0.497 e. The Bertz CT molecular complexity index is 503. The lowest BCUT2D eigenvalue weighted by atomic mass is 10.1. The Morgan fingerprint density at radius 2 is 2.28 bits per heavy atom. The summed E-state index contributed by atoms with van der Waals surface area (Å²) in [5.74, 6) is -1.32. The minimum atomic E-state index is -0.968. The standard InChI is InChI=1S/C12H12ClNO4/c1-18-8-2-3-9(13)10(5-8)14-6-7(12(16)17)4-11(14)15/h2-3,5,7H,4,6H2,1H3,(H,16,17). The summed E-state index contributed by atoms with van der Waals surface area (Å²) in [5.41, 5.74) is 0.491. The van der Waals surface area contributed by atoms with Crippen LogP contribution in [-0.4, -0.2) is 30.6 Å². The number of hydrogen-bond acceptors (Lipinski definition) is 3. The van der Waals surface area contributed by atoms with Gasteiger partial charge < -0.3 is 14.7 Å². The third-order valence-corrected chi connectivity index (χ3v) is 3.24. The second-order valence-corrected chi connectivity index (χ2v) is 4.47. The highest BCUT2D eigenvalue weighted by atomic mass is 35.5. The Hall–Kier alpha value is -1.75. The number of carboxylic acid groups (broad SMARTS) is 1. The molecule has 1 aromatic rings. The summed E-state index contributed by atoms with van der Waals surface area (Å²) in [5, 5.41) is 9.33. The molecule has 96 valence electrons. The van der Waals surface area contributed by atoms with Crippen LogP contribution in [0.1, 0.15) is 6.42 Å². The van der Waals surface area contributed by atoms with Gasteiger partial charge in [-0.1, -0.05) is 11.6 Å². The zero-order valence-corrected chi connectivity index (χ0v) is 10.5. The minimum absolute atomic E-state index is 0.00285. The van der Waals surface area contributed by atoms with Crippen LogP contribution in [0.2, 0.25) is 5.02 Å². The van der Waals surface area contributed by atoms with E-state index in [2.05, 4.69) is 0 Å². The number of benzene rings is 1. The number of carbonyl (C=O) groups is 2. The van der Waals surface area contributed by atoms with Crippen molar-refractivity contribution in [2.24, 2.45) is 5.92 Å². The van der Waals surface area contributed by atoms with Gasteiger partial charge in [0.2, 0.25) is 5.91 Å². The van der Waals surface area contributed by atoms with Crippen molar-refractivity contribution in [1.82, 2.24) is 0 Å². The molecule has 1 heterocycles. The number of amides is 1. The number of halogens is 1. The summed E-state index contributed by atoms with van der Waals surface area (Å²) in [7, 11) is 1.51. The van der Waals surface area contributed by atoms with Crippen molar-refractivity contribution < 1.29 is 19.4 Å². The van der Waals surface area contributed by atoms with Gasteiger partial charge in [0.15, 0.2) is 0 Å². The number of ether oxygens (including phenoxy) is 1. The molecule has 18 heavy (non-hydrogen) atoms. The number of hydrogen-bond donors (Lipinski definition) is 1. The van der Waals surface area contributed by atoms with Crippen LogP contribution in [0.25, 0.3) is 0 Å². The Kier molecular flexibility index (Phi) is 3.43. The van der Waals surface area contributed by atoms with E-state index in [0.717, 1.165) is 0 Å². The van der Waals surface area contributed by atoms with E-state index in [1.807, 2.05) is 0 Å². The summed E-state index contributed by atoms with van der Waals surface area (Å²) < 4.78 is 5.07. The fourth-order valence-corrected chi connectivity index (χ4v) is 2.15. The van der Waals surface area contributed by atoms with Gasteiger partial charge in [-0.05, 0) is 12.1 Å². The molecule has 0 spiro atoms. The fraction of sp³-hybridized carbons (Fsp3) is 0.333. The largest absolute Gasteiger partial charge is 0.497 e. The molecule has 0 radical (unpaired) electrons. The summed E-state index contributed by atoms with van der Waals surface area (Å²) in [4.78, 5) is 24.1. The predicted octanol–water partition coefficient (Wildman–Crippen LogP) is 1.79. The van der Waals surface area contributed by atoms with Gasteiger partial charge in [0.05, 0.1) is 23.7 Å². The Labute approximate surface area is 109 Å². The lowest BCUT2D eigenvalue weighted by Crippen LogP contribution is -2.26. The molecule has 0 bridgehead atoms. The Morgan fingerprint density at radius 1 is 1.56 bits per heavy atom. The molecule has 1 fully saturated rings. The first-order chi connectivity index (χ1) is 8.52. The average Bonchev–Trinajstić information content (AvgIpc) is 2.72. The summed E-state index contributed by atoms with van der Waals surface area (Å²) in [6.07, 6.45) is 0.00285. The molecule has 1 N–H and O–H groups in total. The molecule has 6 heteroatoms. The quantitative estimate of drug-likeness (QED) is 0.908. The highest BCUT2D eigenvalue weighted by Crippen LogP contribution is 2.34. The van der Waals surface area contributed by atoms with E-state index in [1.165, 1.54) is 12.0 Å². The first kappa shape index (κ1) is 12.7. The van der Waals surface area contributed by atoms with Crippen molar-refractivity contribution in [3.05, 3.63) is 23.2 Å². The first-order valence-electron chi connectivity index (χ1n) is 5.39. The van der Waals surface area contributed by atoms with Crippen LogP contribution in [0.3, 0.4) is 0 Å². The van der Waals surface area contributed by atoms with E-state index >= 15 is 0 Å². The van der Waals surface area contributed by atoms with Crippen LogP contribution >= 0.6 is 11.6 Å². The lowest BCUT2D eigenvalue weighted by molar-refractivity contribution is -0.141. The van der Waals surface area contributed by atoms with Crippen LogP contribution in [0, 0.1) is 5.92 Å². The topological polar surface area (TPSA) is 66.8 Å². The maximum Gasteiger partial charge on any atom is 0.308 e. The van der Waals surface area contributed by atoms with Gasteiger partial charge in [-0.25, -0.2) is 0 Å². The van der Waals surface area contributed by atoms with E-state index in [9.17, 15) is 9.59 Å². The molecular formula is C12H12ClNO4. The fourth-order valence-electron chi connectivity index (χ4n) is 1.93. The molecule has 2 rings (SSSR count). The number of carbonyl (C=O) groups excluding carboxylic acids is 1. The van der Waals surface area contributed by atoms with Gasteiger partial charge in [0.25, 0.3) is 0 Å². The Balaban J connectivity index is 2.32. The molecule has 0 aliphatic carbocycles. The Morgan fingerprint density at radius 3 is 2.83 bits per heavy atom. The highest BCUT2D eigenvalue weighted by Gasteiger charge is 2.35. The molecule has 1 saturated heterocycles. The van der Waals surface area contributed by atoms with Crippen LogP contribution < -0.4 is 9.64 Å². The normalized spacial score (nSPS) is 19.1. The number of aliphatic carboxylic acids is 1. The van der Waals surface area contributed by atoms with Crippen LogP contribution in [-0.2, 0) is 9.59 Å². The monoisotopic (exact) mass is 269 g/mol. The smallest absolute Gasteiger partial charge is 0.308 e. The van der Waals surface area contributed by atoms with Crippen molar-refractivity contribution in [3.8, 4) is 5.75 Å². The number of anilines is 1. The zero-order valence-electron chi connectivity index (χ0n) is 9.72. The van der Waals surface area contributed by atoms with Gasteiger partial charge in [-0.3, -0.25) is 9.59 Å². The van der Waals surface area contributed by atoms with Crippen molar-refractivity contribution in [2.45, 2.75) is 6.42 Å². The van der Waals surface area contributed by atoms with Gasteiger partial charge >= 0.3 is 5.97 Å². The molecule has 0 aromatic heterocycles. The molecule has 0 saturated carbocycles. The molecule has 1 amide bonds. The number of carboxylic acids is 1. The highest BCUT2D eigenvalue weighted by molar-refractivity contribution is 6.34. The number of rotatable bonds is 3. The average molecular weight is 270 g/mol. The summed E-state index contributed by atoms with van der Waals surface area (Å²) in [6, 6.07) is 4.93. The van der Waals surface area contributed by atoms with E-state index in [-0.39, 0.29) is 18.9 Å². The molecule has 1 aromatic carbocycles. The SMILES string of the molecule is COc1ccc(Cl)c(N2CC(C(=O)O)CC2=O)c1. The van der Waals surface area contributed by atoms with E-state index in [4.69, 9.17) is 21.4 Å². The van der Waals surface area contributed by atoms with Gasteiger partial charge in [-0.15, -0.1) is 0 Å². The lowest BCUT2D eigenvalue weighted by Gasteiger charge is -2.18. The van der Waals surface area contributed by atoms with Gasteiger partial charge in [0.1, 0.15) is 5.75 Å². The van der Waals surface area contributed by atoms with Crippen molar-refractivity contribution >= 4 is 29.2 Å². The summed E-state index contributed by atoms with van der Waals surface area (Å²) in [6.45, 7) is 0.140. The van der Waals surface area contributed by atoms with Gasteiger partial charge in [0, 0.05) is 19.0 Å². The van der Waals surface area contributed by atoms with Crippen molar-refractivity contribution in [2.75, 3.05) is 18.6 Å². The maximum atomic E-state index is 11.8. The van der Waals surface area contributed by atoms with Crippen LogP contribution in [0.4, 0.5) is 5.69 Å². The molecule has 1 aliphatic heterocycles. The second-order valence-electron chi connectivity index (χ2n) is 4.06. The van der Waals surface area contributed by atoms with Crippen molar-refractivity contribution in [3.63, 3.8) is 0 Å². The maximum absolute atomic E-state index is 11.8. The third kappa shape index (κ3) is 2.26. The summed E-state index contributed by atoms with van der Waals surface area (Å²) >= 11 is 6.03. The second kappa shape index (κ2) is 4.86. The molecule has 1 unspecified atom stereocenters. The van der Waals surface area contributed by atoms with E-state index < -0.39 is 11.9 Å². The van der Waals surface area contributed by atoms with Crippen molar-refractivity contribution in [1.29, 1.82) is 0 Å². The molecular weight excluding hydrogens is 258 g/mol. The molecule has 5 nitrogen and oxygen atoms in total. The zero-order chi connectivity index (χ0) is 13.3. The first-order valence-corrected chi connectivity index (χ1v) is 5.77. The number of methoxy groups -OCH3 is 1. The van der Waals surface area contributed by atoms with Gasteiger partial charge in [-0.2, -0.15) is 0 Å². The third-order valence-electron chi connectivity index (χ3n) is 2.92. The van der Waals surface area contributed by atoms with E-state index in [0.29, 0.717) is 16.5 Å². The number of nitrogens with zero attached hydrogens (tertiary/aromatic N) is 1. The van der Waals surface area contributed by atoms with E-state index in [1.54, 1.807) is 18.2 Å². The molecule has 1 atom stereocenters. The van der Waals surface area contributed by atoms with Crippen LogP contribution in [0.15, 0.2) is 18.2 Å².